The normalized spacial score (nSPS) is 31.4. The zero-order chi connectivity index (χ0) is 49.8. The minimum absolute atomic E-state index is 0.00665. The highest BCUT2D eigenvalue weighted by atomic mass is 16.6. The average molecular weight is 956 g/mol. The summed E-state index contributed by atoms with van der Waals surface area (Å²) >= 11 is 0. The average Bonchev–Trinajstić information content (AvgIpc) is 3.27. The van der Waals surface area contributed by atoms with Gasteiger partial charge in [-0.1, -0.05) is 69.3 Å². The van der Waals surface area contributed by atoms with Crippen LogP contribution in [0.3, 0.4) is 0 Å². The molecule has 1 saturated heterocycles. The minimum Gasteiger partial charge on any atom is -0.480 e. The van der Waals surface area contributed by atoms with Crippen molar-refractivity contribution < 1.29 is 87.1 Å². The van der Waals surface area contributed by atoms with E-state index in [0.29, 0.717) is 5.56 Å². The highest BCUT2D eigenvalue weighted by molar-refractivity contribution is 5.92. The van der Waals surface area contributed by atoms with Crippen LogP contribution in [-0.4, -0.2) is 150 Å². The lowest BCUT2D eigenvalue weighted by molar-refractivity contribution is -0.304. The number of aliphatic carboxylic acids is 1. The molecule has 0 aromatic heterocycles. The van der Waals surface area contributed by atoms with Crippen LogP contribution in [0, 0.1) is 34.5 Å². The van der Waals surface area contributed by atoms with E-state index in [1.165, 1.54) is 19.1 Å². The maximum Gasteiger partial charge on any atom is 0.408 e. The van der Waals surface area contributed by atoms with Crippen molar-refractivity contribution in [1.82, 2.24) is 5.32 Å². The summed E-state index contributed by atoms with van der Waals surface area (Å²) in [4.78, 5) is 81.7. The molecule has 4 fully saturated rings. The first-order valence-electron chi connectivity index (χ1n) is 22.9. The molecule has 0 spiro atoms. The fourth-order valence-corrected chi connectivity index (χ4v) is 10.6. The number of hydrogen-bond acceptors (Lipinski definition) is 17. The first kappa shape index (κ1) is 52.4. The van der Waals surface area contributed by atoms with Gasteiger partial charge in [-0.2, -0.15) is 0 Å². The van der Waals surface area contributed by atoms with Crippen LogP contribution in [0.4, 0.5) is 4.79 Å². The van der Waals surface area contributed by atoms with Gasteiger partial charge in [-0.3, -0.25) is 4.79 Å². The van der Waals surface area contributed by atoms with E-state index < -0.39 is 144 Å². The molecule has 3 aliphatic carbocycles. The van der Waals surface area contributed by atoms with Gasteiger partial charge in [0.25, 0.3) is 0 Å². The highest BCUT2D eigenvalue weighted by Gasteiger charge is 2.74. The van der Waals surface area contributed by atoms with E-state index >= 15 is 0 Å². The van der Waals surface area contributed by atoms with Crippen molar-refractivity contribution in [3.8, 4) is 0 Å². The summed E-state index contributed by atoms with van der Waals surface area (Å²) < 4.78 is 45.6. The number of carboxylic acids is 1. The second-order valence-corrected chi connectivity index (χ2v) is 19.9. The SMILES string of the molecule is CC1C2[C@H](O)C(=O)[C@]3(C)[C@H]([C@H]4CO[C@H]4C[C@H]3O)[C@@H](OC(=O)c3ccccc3)[C@@](O)(C[C@H]1OC(=O)[C@@H](OC(=O)COCCOCCOCC(=O)O)[C@H](NC(=O)OC(C)(C)C)c1ccccc1)C2(C)C. The van der Waals surface area contributed by atoms with Gasteiger partial charge >= 0.3 is 30.0 Å². The molecule has 1 heterocycles. The number of benzene rings is 2. The van der Waals surface area contributed by atoms with E-state index in [4.69, 9.17) is 43.0 Å². The third kappa shape index (κ3) is 11.0. The summed E-state index contributed by atoms with van der Waals surface area (Å²) in [5, 5.41) is 49.0. The van der Waals surface area contributed by atoms with Gasteiger partial charge in [0.1, 0.15) is 48.8 Å². The van der Waals surface area contributed by atoms with Crippen molar-refractivity contribution in [1.29, 1.82) is 0 Å². The lowest BCUT2D eigenvalue weighted by Crippen LogP contribution is -2.77. The zero-order valence-corrected chi connectivity index (χ0v) is 39.5. The quantitative estimate of drug-likeness (QED) is 0.0816. The summed E-state index contributed by atoms with van der Waals surface area (Å²) in [6, 6.07) is 14.8. The Morgan fingerprint density at radius 1 is 0.853 bits per heavy atom. The van der Waals surface area contributed by atoms with Gasteiger partial charge in [-0.15, -0.1) is 0 Å². The van der Waals surface area contributed by atoms with Crippen molar-refractivity contribution in [2.45, 2.75) is 115 Å². The Hall–Kier alpha value is -5.02. The van der Waals surface area contributed by atoms with Crippen LogP contribution in [-0.2, 0) is 57.1 Å². The van der Waals surface area contributed by atoms with Gasteiger partial charge in [0.2, 0.25) is 6.10 Å². The van der Waals surface area contributed by atoms with Gasteiger partial charge in [0.15, 0.2) is 5.78 Å². The molecular weight excluding hydrogens is 891 g/mol. The van der Waals surface area contributed by atoms with Gasteiger partial charge in [-0.25, -0.2) is 24.0 Å². The molecule has 13 atom stereocenters. The molecule has 1 aliphatic heterocycles. The van der Waals surface area contributed by atoms with Crippen LogP contribution in [0.15, 0.2) is 60.7 Å². The number of nitrogens with one attached hydrogen (secondary N) is 1. The molecule has 2 aromatic rings. The van der Waals surface area contributed by atoms with Crippen LogP contribution in [0.25, 0.3) is 0 Å². The Balaban J connectivity index is 1.35. The van der Waals surface area contributed by atoms with E-state index in [9.17, 15) is 44.1 Å². The van der Waals surface area contributed by atoms with E-state index in [-0.39, 0.29) is 45.0 Å². The number of aliphatic hydroxyl groups is 3. The number of carbonyl (C=O) groups is 6. The number of rotatable bonds is 18. The molecule has 374 valence electrons. The molecule has 0 radical (unpaired) electrons. The van der Waals surface area contributed by atoms with Gasteiger partial charge in [0.05, 0.1) is 56.2 Å². The van der Waals surface area contributed by atoms with Crippen LogP contribution in [0.1, 0.15) is 83.3 Å². The zero-order valence-electron chi connectivity index (χ0n) is 39.5. The van der Waals surface area contributed by atoms with Crippen LogP contribution in [0.5, 0.6) is 0 Å². The molecule has 68 heavy (non-hydrogen) atoms. The number of alkyl carbamates (subject to hydrolysis) is 1. The Morgan fingerprint density at radius 2 is 1.46 bits per heavy atom. The Kier molecular flexibility index (Phi) is 16.4. The number of ether oxygens (including phenoxy) is 8. The number of ketones is 1. The first-order chi connectivity index (χ1) is 32.0. The fourth-order valence-electron chi connectivity index (χ4n) is 10.6. The second-order valence-electron chi connectivity index (χ2n) is 19.9. The highest BCUT2D eigenvalue weighted by Crippen LogP contribution is 2.63. The number of aliphatic hydroxyl groups excluding tert-OH is 2. The third-order valence-electron chi connectivity index (χ3n) is 14.2. The molecule has 19 heteroatoms. The molecule has 3 saturated carbocycles. The van der Waals surface area contributed by atoms with Crippen molar-refractivity contribution >= 4 is 35.8 Å². The molecule has 6 rings (SSSR count). The van der Waals surface area contributed by atoms with Crippen molar-refractivity contribution in [3.63, 3.8) is 0 Å². The van der Waals surface area contributed by atoms with E-state index in [1.807, 2.05) is 0 Å². The van der Waals surface area contributed by atoms with Gasteiger partial charge in [0, 0.05) is 36.0 Å². The summed E-state index contributed by atoms with van der Waals surface area (Å²) in [7, 11) is 0. The molecule has 2 bridgehead atoms. The van der Waals surface area contributed by atoms with Crippen molar-refractivity contribution in [2.24, 2.45) is 34.5 Å². The van der Waals surface area contributed by atoms with E-state index in [0.717, 1.165) is 0 Å². The van der Waals surface area contributed by atoms with Crippen LogP contribution in [0.2, 0.25) is 0 Å². The number of fused-ring (bicyclic) bond motifs is 5. The summed E-state index contributed by atoms with van der Waals surface area (Å²) in [5.41, 5.74) is -5.88. The summed E-state index contributed by atoms with van der Waals surface area (Å²) in [6.07, 6.45) is -9.87. The molecule has 2 unspecified atom stereocenters. The lowest BCUT2D eigenvalue weighted by Gasteiger charge is -2.66. The van der Waals surface area contributed by atoms with Gasteiger partial charge < -0.3 is 63.6 Å². The predicted octanol–water partition coefficient (Wildman–Crippen LogP) is 3.20. The number of carboxylic acid groups (broad SMARTS) is 1. The Bertz CT molecular complexity index is 2110. The van der Waals surface area contributed by atoms with Crippen LogP contribution < -0.4 is 5.32 Å². The maximum absolute atomic E-state index is 15.0. The Morgan fingerprint density at radius 3 is 2.04 bits per heavy atom. The molecule has 5 N–H and O–H groups in total. The number of Topliss-reactive ketones (excluding diaryl/α,β-unsaturated/α-hetero) is 1. The summed E-state index contributed by atoms with van der Waals surface area (Å²) in [5.74, 6) is -8.59. The maximum atomic E-state index is 15.0. The largest absolute Gasteiger partial charge is 0.480 e. The van der Waals surface area contributed by atoms with Crippen molar-refractivity contribution in [2.75, 3.05) is 46.2 Å². The Labute approximate surface area is 395 Å². The third-order valence-corrected chi connectivity index (χ3v) is 14.2. The first-order valence-corrected chi connectivity index (χ1v) is 22.9. The predicted molar refractivity (Wildman–Crippen MR) is 237 cm³/mol. The second kappa shape index (κ2) is 21.3. The smallest absolute Gasteiger partial charge is 0.408 e. The number of amides is 1. The molecule has 1 amide bonds. The summed E-state index contributed by atoms with van der Waals surface area (Å²) in [6.45, 7) is 10.3. The van der Waals surface area contributed by atoms with E-state index in [2.05, 4.69) is 5.32 Å². The fraction of sp³-hybridized carbons (Fsp3) is 0.633. The molecule has 4 aliphatic rings. The monoisotopic (exact) mass is 955 g/mol. The standard InChI is InChI=1S/C49H65NO18/c1-27-32(65-44(58)40(66-35(54)26-63-21-19-61-18-20-62-25-34(52)53)38(28-14-10-8-11-15-28)50-45(59)68-46(2,3)4)23-49(60)42(67-43(57)29-16-12-9-13-17-29)37-30-24-64-31(30)22-33(51)48(37,7)41(56)39(55)36(27)47(49,5)6/h8-17,27,30-33,36-40,42,51,55,60H,18-26H2,1-7H3,(H,50,59)(H,52,53)/t27?,30-,31-,32+,33+,36?,37+,38+,39-,40-,42+,48-,49-/m0/s1. The van der Waals surface area contributed by atoms with Crippen molar-refractivity contribution in [3.05, 3.63) is 71.8 Å². The minimum atomic E-state index is -2.18. The molecule has 19 nitrogen and oxygen atoms in total. The molecular formula is C49H65NO18. The number of esters is 3. The van der Waals surface area contributed by atoms with Gasteiger partial charge in [-0.05, 0) is 51.3 Å². The lowest BCUT2D eigenvalue weighted by atomic mass is 9.43. The molecule has 2 aromatic carbocycles. The number of carbonyl (C=O) groups excluding carboxylic acids is 5. The topological polar surface area (TPSA) is 269 Å². The van der Waals surface area contributed by atoms with E-state index in [1.54, 1.807) is 90.1 Å². The van der Waals surface area contributed by atoms with Crippen LogP contribution >= 0.6 is 0 Å². The number of hydrogen-bond donors (Lipinski definition) is 5.